The minimum atomic E-state index is -2.82. The topological polar surface area (TPSA) is 58.6 Å². The Labute approximate surface area is 257 Å². The summed E-state index contributed by atoms with van der Waals surface area (Å²) in [5.41, 5.74) is 4.03. The Morgan fingerprint density at radius 3 is 2.71 bits per heavy atom. The number of nitrogens with zero attached hydrogens (tertiary/aromatic N) is 1. The van der Waals surface area contributed by atoms with Gasteiger partial charge in [0.2, 0.25) is 0 Å². The minimum Gasteiger partial charge on any atom is -0.490 e. The highest BCUT2D eigenvalue weighted by Gasteiger charge is 2.44. The van der Waals surface area contributed by atoms with E-state index in [0.717, 1.165) is 67.6 Å². The molecule has 2 heterocycles. The van der Waals surface area contributed by atoms with Gasteiger partial charge in [-0.3, -0.25) is 9.52 Å². The SMILES string of the molecule is C=S1(=O)NC(=O)c2ccc3c(c2)N(C[C@@H]2CC[C@H]2[C@H](CC)CCC[C@H](C)[C@H]1C)C[C@@]1(CCCc2cc(Cl)ccc21)CO3. The fourth-order valence-corrected chi connectivity index (χ4v) is 10.0. The summed E-state index contributed by atoms with van der Waals surface area (Å²) in [4.78, 5) is 16.1. The van der Waals surface area contributed by atoms with Crippen molar-refractivity contribution in [2.24, 2.45) is 23.7 Å². The molecule has 1 saturated carbocycles. The second kappa shape index (κ2) is 11.7. The van der Waals surface area contributed by atoms with Crippen LogP contribution in [-0.2, 0) is 21.5 Å². The number of amides is 1. The number of carbonyl (C=O) groups excluding carboxylic acids is 1. The van der Waals surface area contributed by atoms with Crippen LogP contribution in [0.1, 0.15) is 93.6 Å². The van der Waals surface area contributed by atoms with Crippen LogP contribution < -0.4 is 14.4 Å². The van der Waals surface area contributed by atoms with Crippen LogP contribution in [0.2, 0.25) is 5.02 Å². The van der Waals surface area contributed by atoms with Crippen LogP contribution in [0.15, 0.2) is 36.4 Å². The van der Waals surface area contributed by atoms with E-state index in [0.29, 0.717) is 24.0 Å². The molecule has 6 rings (SSSR count). The molecule has 0 radical (unpaired) electrons. The molecule has 2 aliphatic heterocycles. The fraction of sp³-hybridized carbons (Fsp3) is 0.600. The molecular weight excluding hydrogens is 564 g/mol. The fourth-order valence-electron chi connectivity index (χ4n) is 8.32. The number of anilines is 1. The van der Waals surface area contributed by atoms with Crippen LogP contribution >= 0.6 is 11.6 Å². The van der Waals surface area contributed by atoms with Gasteiger partial charge in [0.25, 0.3) is 5.91 Å². The van der Waals surface area contributed by atoms with Crippen LogP contribution in [0.4, 0.5) is 5.69 Å². The summed E-state index contributed by atoms with van der Waals surface area (Å²) in [6, 6.07) is 12.1. The lowest BCUT2D eigenvalue weighted by Crippen LogP contribution is -2.49. The minimum absolute atomic E-state index is 0.142. The lowest BCUT2D eigenvalue weighted by Gasteiger charge is -2.47. The number of aryl methyl sites for hydroxylation is 1. The number of hydrogen-bond acceptors (Lipinski definition) is 4. The molecular formula is C35H47ClN2O3S. The zero-order valence-corrected chi connectivity index (χ0v) is 27.1. The average Bonchev–Trinajstić information content (AvgIpc) is 3.10. The number of benzene rings is 2. The van der Waals surface area contributed by atoms with Gasteiger partial charge in [-0.2, -0.15) is 0 Å². The van der Waals surface area contributed by atoms with Crippen molar-refractivity contribution < 1.29 is 13.7 Å². The summed E-state index contributed by atoms with van der Waals surface area (Å²) in [6.45, 7) is 8.90. The smallest absolute Gasteiger partial charge is 0.262 e. The van der Waals surface area contributed by atoms with Gasteiger partial charge < -0.3 is 9.64 Å². The number of rotatable bonds is 1. The van der Waals surface area contributed by atoms with Crippen LogP contribution in [0.25, 0.3) is 0 Å². The van der Waals surface area contributed by atoms with E-state index in [2.05, 4.69) is 41.5 Å². The van der Waals surface area contributed by atoms with Crippen molar-refractivity contribution in [1.29, 1.82) is 0 Å². The number of ether oxygens (including phenoxy) is 1. The first-order valence-electron chi connectivity index (χ1n) is 16.1. The van der Waals surface area contributed by atoms with Crippen molar-refractivity contribution >= 4 is 38.8 Å². The lowest BCUT2D eigenvalue weighted by molar-refractivity contribution is 0.0952. The Hall–Kier alpha value is -2.18. The number of nitrogens with one attached hydrogen (secondary N) is 1. The highest BCUT2D eigenvalue weighted by Crippen LogP contribution is 2.48. The number of hydrogen-bond donors (Lipinski definition) is 1. The molecule has 7 heteroatoms. The molecule has 1 unspecified atom stereocenters. The van der Waals surface area contributed by atoms with E-state index in [1.165, 1.54) is 36.8 Å². The summed E-state index contributed by atoms with van der Waals surface area (Å²) >= 11 is 6.44. The van der Waals surface area contributed by atoms with Crippen LogP contribution in [0, 0.1) is 23.7 Å². The summed E-state index contributed by atoms with van der Waals surface area (Å²) < 4.78 is 23.2. The van der Waals surface area contributed by atoms with Gasteiger partial charge in [0, 0.05) is 34.3 Å². The molecule has 1 N–H and O–H groups in total. The molecule has 4 aliphatic rings. The molecule has 1 amide bonds. The standard InChI is InChI=1S/C35H47ClN2O3S/c1-5-25-9-6-8-23(2)24(3)42(4,40)37-34(39)27-12-16-33-32(19-27)38(20-28-11-14-30(25)28)21-35(22-41-33)17-7-10-26-18-29(36)13-15-31(26)35/h12-13,15-16,18-19,23-25,28,30H,4-11,14,17,20-22H2,1-3H3,(H,37,39,40)/t23-,24+,25+,28-,30-,35-,42?/m0/s1. The Morgan fingerprint density at radius 1 is 1.12 bits per heavy atom. The molecule has 2 aromatic rings. The Kier molecular flexibility index (Phi) is 8.34. The molecule has 1 spiro atoms. The largest absolute Gasteiger partial charge is 0.490 e. The third kappa shape index (κ3) is 5.58. The third-order valence-corrected chi connectivity index (χ3v) is 13.7. The van der Waals surface area contributed by atoms with Gasteiger partial charge in [0.15, 0.2) is 0 Å². The van der Waals surface area contributed by atoms with E-state index in [1.807, 2.05) is 31.2 Å². The summed E-state index contributed by atoms with van der Waals surface area (Å²) in [5.74, 6) is 6.81. The van der Waals surface area contributed by atoms with Gasteiger partial charge in [-0.1, -0.05) is 50.8 Å². The van der Waals surface area contributed by atoms with E-state index in [-0.39, 0.29) is 22.5 Å². The first-order valence-corrected chi connectivity index (χ1v) is 18.3. The van der Waals surface area contributed by atoms with Gasteiger partial charge in [0.05, 0.1) is 22.0 Å². The van der Waals surface area contributed by atoms with E-state index in [1.54, 1.807) is 0 Å². The molecule has 0 saturated heterocycles. The Balaban J connectivity index is 1.42. The average molecular weight is 611 g/mol. The zero-order chi connectivity index (χ0) is 29.6. The maximum atomic E-state index is 13.7. The van der Waals surface area contributed by atoms with Gasteiger partial charge in [0.1, 0.15) is 5.75 Å². The quantitative estimate of drug-likeness (QED) is 0.341. The van der Waals surface area contributed by atoms with Crippen LogP contribution in [-0.4, -0.2) is 40.9 Å². The highest BCUT2D eigenvalue weighted by atomic mass is 35.5. The van der Waals surface area contributed by atoms with Crippen LogP contribution in [0.5, 0.6) is 5.75 Å². The van der Waals surface area contributed by atoms with Gasteiger partial charge in [-0.25, -0.2) is 4.21 Å². The first kappa shape index (κ1) is 29.9. The Morgan fingerprint density at radius 2 is 1.95 bits per heavy atom. The highest BCUT2D eigenvalue weighted by molar-refractivity contribution is 7.99. The van der Waals surface area contributed by atoms with E-state index < -0.39 is 9.71 Å². The number of fused-ring (bicyclic) bond motifs is 4. The monoisotopic (exact) mass is 610 g/mol. The normalized spacial score (nSPS) is 35.2. The van der Waals surface area contributed by atoms with Crippen molar-refractivity contribution in [2.75, 3.05) is 24.6 Å². The lowest BCUT2D eigenvalue weighted by atomic mass is 9.64. The molecule has 7 atom stereocenters. The predicted octanol–water partition coefficient (Wildman–Crippen LogP) is 7.44. The summed E-state index contributed by atoms with van der Waals surface area (Å²) in [6.07, 6.45) is 10.3. The Bertz CT molecular complexity index is 1440. The van der Waals surface area contributed by atoms with Crippen molar-refractivity contribution in [3.05, 3.63) is 58.1 Å². The molecule has 5 nitrogen and oxygen atoms in total. The maximum Gasteiger partial charge on any atom is 0.262 e. The zero-order valence-electron chi connectivity index (χ0n) is 25.5. The van der Waals surface area contributed by atoms with E-state index in [9.17, 15) is 9.00 Å². The molecule has 0 aromatic heterocycles. The van der Waals surface area contributed by atoms with Crippen molar-refractivity contribution in [3.63, 3.8) is 0 Å². The van der Waals surface area contributed by atoms with E-state index >= 15 is 0 Å². The van der Waals surface area contributed by atoms with Gasteiger partial charge >= 0.3 is 0 Å². The molecule has 228 valence electrons. The van der Waals surface area contributed by atoms with Crippen molar-refractivity contribution in [1.82, 2.24) is 4.72 Å². The number of halogens is 1. The van der Waals surface area contributed by atoms with Gasteiger partial charge in [-0.15, -0.1) is 0 Å². The molecule has 42 heavy (non-hydrogen) atoms. The van der Waals surface area contributed by atoms with Crippen molar-refractivity contribution in [3.8, 4) is 5.75 Å². The van der Waals surface area contributed by atoms with Crippen LogP contribution in [0.3, 0.4) is 0 Å². The van der Waals surface area contributed by atoms with Crippen molar-refractivity contribution in [2.45, 2.75) is 89.2 Å². The summed E-state index contributed by atoms with van der Waals surface area (Å²) in [5, 5.41) is 0.587. The second-order valence-corrected chi connectivity index (χ2v) is 16.6. The molecule has 1 fully saturated rings. The maximum absolute atomic E-state index is 13.7. The summed E-state index contributed by atoms with van der Waals surface area (Å²) in [7, 11) is -2.82. The van der Waals surface area contributed by atoms with Gasteiger partial charge in [-0.05, 0) is 116 Å². The third-order valence-electron chi connectivity index (χ3n) is 11.3. The number of carbonyl (C=O) groups is 1. The molecule has 2 bridgehead atoms. The van der Waals surface area contributed by atoms with E-state index in [4.69, 9.17) is 16.3 Å². The predicted molar refractivity (Wildman–Crippen MR) is 175 cm³/mol. The second-order valence-electron chi connectivity index (χ2n) is 13.7. The first-order chi connectivity index (χ1) is 20.1. The molecule has 2 aliphatic carbocycles. The molecule has 2 aromatic carbocycles.